The van der Waals surface area contributed by atoms with Gasteiger partial charge in [0.15, 0.2) is 5.84 Å². The van der Waals surface area contributed by atoms with E-state index < -0.39 is 23.0 Å². The van der Waals surface area contributed by atoms with Gasteiger partial charge < -0.3 is 9.30 Å². The third-order valence-corrected chi connectivity index (χ3v) is 7.15. The second-order valence-electron chi connectivity index (χ2n) is 9.26. The molecule has 0 aliphatic carbocycles. The molecule has 2 aliphatic heterocycles. The van der Waals surface area contributed by atoms with Crippen LogP contribution in [0.3, 0.4) is 0 Å². The van der Waals surface area contributed by atoms with E-state index >= 15 is 0 Å². The van der Waals surface area contributed by atoms with E-state index in [2.05, 4.69) is 36.1 Å². The maximum Gasteiger partial charge on any atom is 0.441 e. The number of aromatic nitrogens is 1. The number of aliphatic imine (C=N–C) groups is 1. The van der Waals surface area contributed by atoms with E-state index in [4.69, 9.17) is 10.1 Å². The van der Waals surface area contributed by atoms with Gasteiger partial charge in [-0.2, -0.15) is 28.3 Å². The van der Waals surface area contributed by atoms with Crippen molar-refractivity contribution < 1.29 is 22.7 Å². The van der Waals surface area contributed by atoms with Crippen LogP contribution in [-0.4, -0.2) is 44.3 Å². The van der Waals surface area contributed by atoms with Gasteiger partial charge in [-0.3, -0.25) is 10.2 Å². The van der Waals surface area contributed by atoms with Crippen molar-refractivity contribution in [1.29, 1.82) is 5.41 Å². The molecule has 11 heteroatoms. The van der Waals surface area contributed by atoms with Crippen molar-refractivity contribution in [2.75, 3.05) is 6.61 Å². The number of carbonyl (C=O) groups is 1. The fraction of sp³-hybridized carbons (Fsp3) is 0.259. The van der Waals surface area contributed by atoms with E-state index in [-0.39, 0.29) is 22.5 Å². The number of alkyl halides is 3. The number of nitrogens with one attached hydrogen (secondary N) is 1. The molecule has 5 rings (SSSR count). The number of rotatable bonds is 6. The Balaban J connectivity index is 1.42. The van der Waals surface area contributed by atoms with Crippen LogP contribution >= 0.6 is 11.8 Å². The molecule has 1 amide bonds. The average molecular weight is 540 g/mol. The number of amidine groups is 2. The zero-order valence-corrected chi connectivity index (χ0v) is 21.7. The van der Waals surface area contributed by atoms with Gasteiger partial charge in [0.1, 0.15) is 12.4 Å². The van der Waals surface area contributed by atoms with Gasteiger partial charge >= 0.3 is 6.18 Å². The van der Waals surface area contributed by atoms with Crippen molar-refractivity contribution in [1.82, 2.24) is 9.58 Å². The number of nitrogens with zero attached hydrogens (tertiary/aromatic N) is 4. The first kappa shape index (κ1) is 25.8. The van der Waals surface area contributed by atoms with Crippen LogP contribution in [0.2, 0.25) is 0 Å². The second-order valence-corrected chi connectivity index (χ2v) is 10.2. The van der Waals surface area contributed by atoms with Crippen LogP contribution in [0.15, 0.2) is 64.3 Å². The highest BCUT2D eigenvalue weighted by Crippen LogP contribution is 2.36. The van der Waals surface area contributed by atoms with Crippen LogP contribution < -0.4 is 4.74 Å². The molecule has 3 heterocycles. The molecular weight excluding hydrogens is 515 g/mol. The lowest BCUT2D eigenvalue weighted by Gasteiger charge is -2.20. The van der Waals surface area contributed by atoms with Gasteiger partial charge in [0.05, 0.1) is 12.1 Å². The molecule has 0 fully saturated rings. The van der Waals surface area contributed by atoms with E-state index in [1.807, 2.05) is 48.0 Å². The molecule has 0 radical (unpaired) electrons. The lowest BCUT2D eigenvalue weighted by atomic mass is 10.0. The molecule has 0 bridgehead atoms. The van der Waals surface area contributed by atoms with Crippen LogP contribution in [0.4, 0.5) is 13.2 Å². The van der Waals surface area contributed by atoms with Crippen molar-refractivity contribution in [3.05, 3.63) is 70.9 Å². The third kappa shape index (κ3) is 4.85. The number of aryl methyl sites for hydroxylation is 1. The van der Waals surface area contributed by atoms with Crippen LogP contribution in [0.1, 0.15) is 36.5 Å². The van der Waals surface area contributed by atoms with E-state index in [0.29, 0.717) is 24.6 Å². The van der Waals surface area contributed by atoms with Crippen LogP contribution in [0.5, 0.6) is 5.75 Å². The number of ether oxygens (including phenoxy) is 1. The van der Waals surface area contributed by atoms with Gasteiger partial charge in [0.2, 0.25) is 10.2 Å². The highest BCUT2D eigenvalue weighted by Gasteiger charge is 2.46. The fourth-order valence-electron chi connectivity index (χ4n) is 4.33. The Hall–Kier alpha value is -3.86. The number of para-hydroxylation sites is 1. The molecule has 196 valence electrons. The van der Waals surface area contributed by atoms with Crippen LogP contribution in [0, 0.1) is 12.3 Å². The Morgan fingerprint density at radius 2 is 1.95 bits per heavy atom. The number of hydrazone groups is 1. The van der Waals surface area contributed by atoms with Gasteiger partial charge in [0, 0.05) is 22.7 Å². The van der Waals surface area contributed by atoms with Crippen molar-refractivity contribution in [3.63, 3.8) is 0 Å². The summed E-state index contributed by atoms with van der Waals surface area (Å²) in [5, 5.41) is 12.0. The Morgan fingerprint density at radius 1 is 1.18 bits per heavy atom. The van der Waals surface area contributed by atoms with E-state index in [1.54, 1.807) is 0 Å². The highest BCUT2D eigenvalue weighted by atomic mass is 32.2. The molecule has 0 saturated heterocycles. The summed E-state index contributed by atoms with van der Waals surface area (Å²) in [6.07, 6.45) is -1.38. The number of benzene rings is 2. The molecule has 1 aromatic heterocycles. The first-order valence-corrected chi connectivity index (χ1v) is 12.7. The Labute approximate surface area is 221 Å². The summed E-state index contributed by atoms with van der Waals surface area (Å²) in [6.45, 7) is 7.17. The molecule has 0 spiro atoms. The molecule has 0 atom stereocenters. The van der Waals surface area contributed by atoms with Crippen molar-refractivity contribution in [2.45, 2.75) is 39.4 Å². The van der Waals surface area contributed by atoms with Crippen LogP contribution in [-0.2, 0) is 11.3 Å². The maximum atomic E-state index is 13.1. The first-order chi connectivity index (χ1) is 18.0. The van der Waals surface area contributed by atoms with E-state index in [9.17, 15) is 18.0 Å². The molecule has 0 unspecified atom stereocenters. The molecule has 0 saturated carbocycles. The summed E-state index contributed by atoms with van der Waals surface area (Å²) in [4.78, 5) is 16.5. The van der Waals surface area contributed by atoms with Gasteiger partial charge in [-0.1, -0.05) is 44.2 Å². The lowest BCUT2D eigenvalue weighted by Crippen LogP contribution is -2.35. The lowest BCUT2D eigenvalue weighted by molar-refractivity contribution is -0.114. The van der Waals surface area contributed by atoms with Crippen molar-refractivity contribution in [2.24, 2.45) is 10.1 Å². The Kier molecular flexibility index (Phi) is 6.64. The minimum absolute atomic E-state index is 0.137. The Morgan fingerprint density at radius 3 is 2.68 bits per heavy atom. The zero-order valence-electron chi connectivity index (χ0n) is 20.8. The molecular formula is C27H24F3N5O2S. The molecule has 2 aromatic carbocycles. The van der Waals surface area contributed by atoms with E-state index in [1.165, 1.54) is 6.08 Å². The predicted octanol–water partition coefficient (Wildman–Crippen LogP) is 6.33. The molecule has 3 aromatic rings. The summed E-state index contributed by atoms with van der Waals surface area (Å²) in [6, 6.07) is 13.7. The highest BCUT2D eigenvalue weighted by molar-refractivity contribution is 8.27. The smallest absolute Gasteiger partial charge is 0.441 e. The third-order valence-electron chi connectivity index (χ3n) is 6.20. The van der Waals surface area contributed by atoms with Gasteiger partial charge in [-0.15, -0.1) is 0 Å². The summed E-state index contributed by atoms with van der Waals surface area (Å²) >= 11 is 0.229. The number of hydrogen-bond donors (Lipinski definition) is 1. The molecule has 7 nitrogen and oxygen atoms in total. The number of carbonyl (C=O) groups excluding carboxylic acids is 1. The van der Waals surface area contributed by atoms with Crippen LogP contribution in [0.25, 0.3) is 17.0 Å². The largest absolute Gasteiger partial charge is 0.491 e. The minimum Gasteiger partial charge on any atom is -0.491 e. The average Bonchev–Trinajstić information content (AvgIpc) is 3.44. The number of fused-ring (bicyclic) bond motifs is 2. The van der Waals surface area contributed by atoms with Gasteiger partial charge in [-0.05, 0) is 53.9 Å². The summed E-state index contributed by atoms with van der Waals surface area (Å²) in [5.74, 6) is -0.0786. The Bertz CT molecular complexity index is 1550. The van der Waals surface area contributed by atoms with Crippen molar-refractivity contribution >= 4 is 50.7 Å². The van der Waals surface area contributed by atoms with Gasteiger partial charge in [0.25, 0.3) is 5.91 Å². The summed E-state index contributed by atoms with van der Waals surface area (Å²) in [7, 11) is 0. The number of halogens is 3. The maximum absolute atomic E-state index is 13.1. The fourth-order valence-corrected chi connectivity index (χ4v) is 5.09. The standard InChI is InChI=1S/C27H24F3N5O2S/c1-15(2)18-9-8-16(3)12-22(18)37-11-10-34-14-17(19-6-4-5-7-21(19)34)13-20-23(31)35-26(32-24(20)36)38-25(33-35)27(28,29)30/h4-9,12-15,31H,10-11H2,1-3H3/b20-13-,31-23?. The summed E-state index contributed by atoms with van der Waals surface area (Å²) in [5.41, 5.74) is 3.63. The van der Waals surface area contributed by atoms with Crippen molar-refractivity contribution in [3.8, 4) is 5.75 Å². The quantitative estimate of drug-likeness (QED) is 0.371. The predicted molar refractivity (Wildman–Crippen MR) is 144 cm³/mol. The monoisotopic (exact) mass is 539 g/mol. The number of amides is 1. The number of hydrogen-bond acceptors (Lipinski definition) is 5. The molecule has 1 N–H and O–H groups in total. The normalized spacial score (nSPS) is 16.9. The topological polar surface area (TPSA) is 83.0 Å². The molecule has 38 heavy (non-hydrogen) atoms. The SMILES string of the molecule is Cc1ccc(C(C)C)c(OCCn2cc(/C=C3/C(=N)N4N=C(C(F)(F)F)SC4=NC3=O)c3ccccc32)c1. The molecule has 2 aliphatic rings. The summed E-state index contributed by atoms with van der Waals surface area (Å²) < 4.78 is 47.5. The van der Waals surface area contributed by atoms with E-state index in [0.717, 1.165) is 32.8 Å². The minimum atomic E-state index is -4.69. The first-order valence-electron chi connectivity index (χ1n) is 11.9. The zero-order chi connectivity index (χ0) is 27.2. The second kappa shape index (κ2) is 9.79. The number of thioether (sulfide) groups is 1. The van der Waals surface area contributed by atoms with Gasteiger partial charge in [-0.25, -0.2) is 0 Å².